The smallest absolute Gasteiger partial charge is 0.185 e. The highest BCUT2D eigenvalue weighted by molar-refractivity contribution is 7.13. The molecule has 0 bridgehead atoms. The predicted molar refractivity (Wildman–Crippen MR) is 76.9 cm³/mol. The first kappa shape index (κ1) is 15.7. The summed E-state index contributed by atoms with van der Waals surface area (Å²) in [7, 11) is 0. The van der Waals surface area contributed by atoms with E-state index in [-0.39, 0.29) is 0 Å². The fraction of sp³-hybridized carbons (Fsp3) is 0.750. The van der Waals surface area contributed by atoms with E-state index in [4.69, 9.17) is 21.1 Å². The van der Waals surface area contributed by atoms with Crippen LogP contribution in [-0.4, -0.2) is 44.5 Å². The number of anilines is 1. The molecule has 0 aliphatic rings. The molecule has 0 radical (unpaired) electrons. The molecule has 0 atom stereocenters. The third-order valence-electron chi connectivity index (χ3n) is 2.37. The largest absolute Gasteiger partial charge is 0.380 e. The van der Waals surface area contributed by atoms with Gasteiger partial charge in [-0.05, 0) is 13.8 Å². The van der Waals surface area contributed by atoms with Gasteiger partial charge in [0.25, 0.3) is 0 Å². The Kier molecular flexibility index (Phi) is 8.33. The lowest BCUT2D eigenvalue weighted by Crippen LogP contribution is -2.31. The normalized spacial score (nSPS) is 10.8. The van der Waals surface area contributed by atoms with Crippen molar-refractivity contribution >= 4 is 28.1 Å². The van der Waals surface area contributed by atoms with E-state index in [9.17, 15) is 0 Å². The van der Waals surface area contributed by atoms with Crippen LogP contribution in [0.2, 0.25) is 0 Å². The van der Waals surface area contributed by atoms with E-state index in [1.54, 1.807) is 11.3 Å². The highest BCUT2D eigenvalue weighted by Crippen LogP contribution is 2.21. The van der Waals surface area contributed by atoms with Crippen molar-refractivity contribution in [2.45, 2.75) is 19.7 Å². The molecule has 0 aliphatic carbocycles. The Morgan fingerprint density at radius 2 is 1.83 bits per heavy atom. The quantitative estimate of drug-likeness (QED) is 0.491. The van der Waals surface area contributed by atoms with Crippen LogP contribution in [0.15, 0.2) is 5.38 Å². The SMILES string of the molecule is CCOCCN(CCOCC)c1nc(CCl)cs1. The van der Waals surface area contributed by atoms with Crippen LogP contribution >= 0.6 is 22.9 Å². The van der Waals surface area contributed by atoms with E-state index < -0.39 is 0 Å². The number of nitrogens with zero attached hydrogens (tertiary/aromatic N) is 2. The van der Waals surface area contributed by atoms with Gasteiger partial charge < -0.3 is 14.4 Å². The van der Waals surface area contributed by atoms with E-state index in [0.29, 0.717) is 19.1 Å². The molecule has 0 N–H and O–H groups in total. The van der Waals surface area contributed by atoms with Gasteiger partial charge in [0.2, 0.25) is 0 Å². The summed E-state index contributed by atoms with van der Waals surface area (Å²) < 4.78 is 10.8. The van der Waals surface area contributed by atoms with Gasteiger partial charge in [0.05, 0.1) is 24.8 Å². The van der Waals surface area contributed by atoms with E-state index in [1.165, 1.54) is 0 Å². The number of hydrogen-bond donors (Lipinski definition) is 0. The molecule has 1 rings (SSSR count). The molecule has 18 heavy (non-hydrogen) atoms. The van der Waals surface area contributed by atoms with Crippen LogP contribution in [0, 0.1) is 0 Å². The summed E-state index contributed by atoms with van der Waals surface area (Å²) in [5, 5.41) is 2.99. The second-order valence-corrected chi connectivity index (χ2v) is 4.74. The maximum atomic E-state index is 5.77. The first-order chi connectivity index (χ1) is 8.81. The van der Waals surface area contributed by atoms with Crippen molar-refractivity contribution in [1.29, 1.82) is 0 Å². The summed E-state index contributed by atoms with van der Waals surface area (Å²) in [4.78, 5) is 6.67. The molecule has 1 heterocycles. The molecule has 0 unspecified atom stereocenters. The van der Waals surface area contributed by atoms with E-state index >= 15 is 0 Å². The average molecular weight is 293 g/mol. The topological polar surface area (TPSA) is 34.6 Å². The van der Waals surface area contributed by atoms with Crippen molar-refractivity contribution in [3.05, 3.63) is 11.1 Å². The van der Waals surface area contributed by atoms with E-state index in [1.807, 2.05) is 19.2 Å². The third kappa shape index (κ3) is 5.52. The summed E-state index contributed by atoms with van der Waals surface area (Å²) in [6, 6.07) is 0. The zero-order valence-electron chi connectivity index (χ0n) is 11.0. The maximum absolute atomic E-state index is 5.77. The second kappa shape index (κ2) is 9.55. The molecule has 0 saturated heterocycles. The van der Waals surface area contributed by atoms with Crippen LogP contribution in [0.5, 0.6) is 0 Å². The molecule has 104 valence electrons. The molecule has 0 spiro atoms. The molecule has 0 aliphatic heterocycles. The van der Waals surface area contributed by atoms with Gasteiger partial charge in [-0.2, -0.15) is 0 Å². The van der Waals surface area contributed by atoms with Gasteiger partial charge >= 0.3 is 0 Å². The lowest BCUT2D eigenvalue weighted by atomic mass is 10.5. The van der Waals surface area contributed by atoms with Crippen LogP contribution in [-0.2, 0) is 15.4 Å². The summed E-state index contributed by atoms with van der Waals surface area (Å²) in [5.74, 6) is 0.460. The predicted octanol–water partition coefficient (Wildman–Crippen LogP) is 2.76. The molecule has 0 aromatic carbocycles. The standard InChI is InChI=1S/C12H21ClN2O2S/c1-3-16-7-5-15(6-8-17-4-2)12-14-11(9-13)10-18-12/h10H,3-9H2,1-2H3. The summed E-state index contributed by atoms with van der Waals surface area (Å²) in [6.45, 7) is 8.55. The molecule has 4 nitrogen and oxygen atoms in total. The lowest BCUT2D eigenvalue weighted by molar-refractivity contribution is 0.141. The minimum absolute atomic E-state index is 0.460. The Bertz CT molecular complexity index is 313. The number of hydrogen-bond acceptors (Lipinski definition) is 5. The van der Waals surface area contributed by atoms with E-state index in [0.717, 1.165) is 37.1 Å². The highest BCUT2D eigenvalue weighted by atomic mass is 35.5. The third-order valence-corrected chi connectivity index (χ3v) is 3.59. The Balaban J connectivity index is 2.51. The monoisotopic (exact) mass is 292 g/mol. The number of rotatable bonds is 10. The van der Waals surface area contributed by atoms with Gasteiger partial charge in [-0.3, -0.25) is 0 Å². The summed E-state index contributed by atoms with van der Waals surface area (Å²) >= 11 is 7.39. The molecule has 6 heteroatoms. The van der Waals surface area contributed by atoms with Gasteiger partial charge in [-0.15, -0.1) is 22.9 Å². The van der Waals surface area contributed by atoms with Crippen molar-refractivity contribution in [1.82, 2.24) is 4.98 Å². The van der Waals surface area contributed by atoms with Gasteiger partial charge in [-0.1, -0.05) is 0 Å². The van der Waals surface area contributed by atoms with Crippen LogP contribution in [0.25, 0.3) is 0 Å². The minimum atomic E-state index is 0.460. The molecule has 1 aromatic rings. The van der Waals surface area contributed by atoms with Crippen molar-refractivity contribution < 1.29 is 9.47 Å². The maximum Gasteiger partial charge on any atom is 0.185 e. The minimum Gasteiger partial charge on any atom is -0.380 e. The van der Waals surface area contributed by atoms with Crippen LogP contribution in [0.3, 0.4) is 0 Å². The number of thiazole rings is 1. The van der Waals surface area contributed by atoms with Gasteiger partial charge in [0.1, 0.15) is 0 Å². The van der Waals surface area contributed by atoms with Gasteiger partial charge in [0, 0.05) is 31.7 Å². The number of alkyl halides is 1. The highest BCUT2D eigenvalue weighted by Gasteiger charge is 2.10. The van der Waals surface area contributed by atoms with Crippen molar-refractivity contribution in [2.24, 2.45) is 0 Å². The first-order valence-corrected chi connectivity index (χ1v) is 7.64. The second-order valence-electron chi connectivity index (χ2n) is 3.64. The zero-order chi connectivity index (χ0) is 13.2. The van der Waals surface area contributed by atoms with E-state index in [2.05, 4.69) is 9.88 Å². The number of halogens is 1. The zero-order valence-corrected chi connectivity index (χ0v) is 12.6. The van der Waals surface area contributed by atoms with Gasteiger partial charge in [0.15, 0.2) is 5.13 Å². The Morgan fingerprint density at radius 1 is 1.22 bits per heavy atom. The summed E-state index contributed by atoms with van der Waals surface area (Å²) in [5.41, 5.74) is 0.925. The molecule has 0 fully saturated rings. The lowest BCUT2D eigenvalue weighted by Gasteiger charge is -2.21. The number of aromatic nitrogens is 1. The Hall–Kier alpha value is -0.360. The van der Waals surface area contributed by atoms with Crippen LogP contribution in [0.1, 0.15) is 19.5 Å². The van der Waals surface area contributed by atoms with Gasteiger partial charge in [-0.25, -0.2) is 4.98 Å². The van der Waals surface area contributed by atoms with Crippen LogP contribution in [0.4, 0.5) is 5.13 Å². The fourth-order valence-electron chi connectivity index (χ4n) is 1.44. The average Bonchev–Trinajstić information content (AvgIpc) is 2.86. The molecule has 0 amide bonds. The number of ether oxygens (including phenoxy) is 2. The van der Waals surface area contributed by atoms with Crippen molar-refractivity contribution in [3.8, 4) is 0 Å². The van der Waals surface area contributed by atoms with Crippen molar-refractivity contribution in [2.75, 3.05) is 44.4 Å². The first-order valence-electron chi connectivity index (χ1n) is 6.22. The van der Waals surface area contributed by atoms with Crippen LogP contribution < -0.4 is 4.90 Å². The molecule has 1 aromatic heterocycles. The molecule has 0 saturated carbocycles. The van der Waals surface area contributed by atoms with Crippen molar-refractivity contribution in [3.63, 3.8) is 0 Å². The summed E-state index contributed by atoms with van der Waals surface area (Å²) in [6.07, 6.45) is 0. The fourth-order valence-corrected chi connectivity index (χ4v) is 2.55. The Morgan fingerprint density at radius 3 is 2.28 bits per heavy atom. The molecular weight excluding hydrogens is 272 g/mol. The Labute approximate surface area is 118 Å². The molecular formula is C12H21ClN2O2S.